The van der Waals surface area contributed by atoms with Crippen LogP contribution in [0.15, 0.2) is 52.9 Å². The van der Waals surface area contributed by atoms with Crippen molar-refractivity contribution in [3.63, 3.8) is 0 Å². The van der Waals surface area contributed by atoms with Crippen LogP contribution < -0.4 is 10.6 Å². The number of pyridine rings is 1. The second-order valence-corrected chi connectivity index (χ2v) is 10.5. The molecule has 4 rings (SSSR count). The first-order valence-corrected chi connectivity index (χ1v) is 12.4. The number of aromatic nitrogens is 2. The van der Waals surface area contributed by atoms with E-state index in [1.54, 1.807) is 19.2 Å². The summed E-state index contributed by atoms with van der Waals surface area (Å²) < 4.78 is 5.98. The van der Waals surface area contributed by atoms with Gasteiger partial charge in [-0.1, -0.05) is 65.0 Å². The van der Waals surface area contributed by atoms with E-state index in [1.165, 1.54) is 0 Å². The van der Waals surface area contributed by atoms with Crippen LogP contribution >= 0.6 is 0 Å². The van der Waals surface area contributed by atoms with E-state index in [0.717, 1.165) is 22.9 Å². The Morgan fingerprint density at radius 3 is 2.36 bits per heavy atom. The maximum atomic E-state index is 13.1. The fourth-order valence-corrected chi connectivity index (χ4v) is 4.24. The average Bonchev–Trinajstić information content (AvgIpc) is 3.33. The van der Waals surface area contributed by atoms with Crippen LogP contribution in [0.5, 0.6) is 0 Å². The van der Waals surface area contributed by atoms with E-state index in [4.69, 9.17) is 4.42 Å². The summed E-state index contributed by atoms with van der Waals surface area (Å²) in [6.07, 6.45) is 1.57. The molecule has 2 aromatic carbocycles. The van der Waals surface area contributed by atoms with Crippen molar-refractivity contribution in [3.8, 4) is 0 Å². The SMILES string of the molecule is CCC(C)(C)c1nc2c(C(=O)NCCC(C)(C)c3cccc4ccc(C(=O)NC)nc34)cccc2o1. The van der Waals surface area contributed by atoms with Crippen molar-refractivity contribution in [2.24, 2.45) is 0 Å². The van der Waals surface area contributed by atoms with Gasteiger partial charge in [-0.3, -0.25) is 9.59 Å². The van der Waals surface area contributed by atoms with Crippen LogP contribution in [0, 0.1) is 0 Å². The Balaban J connectivity index is 1.53. The number of rotatable bonds is 8. The third kappa shape index (κ3) is 4.83. The zero-order valence-electron chi connectivity index (χ0n) is 21.9. The highest BCUT2D eigenvalue weighted by Crippen LogP contribution is 2.33. The predicted molar refractivity (Wildman–Crippen MR) is 142 cm³/mol. The van der Waals surface area contributed by atoms with Gasteiger partial charge in [-0.25, -0.2) is 9.97 Å². The number of carbonyl (C=O) groups excluding carboxylic acids is 2. The summed E-state index contributed by atoms with van der Waals surface area (Å²) in [6.45, 7) is 11.0. The Hall–Kier alpha value is -3.74. The summed E-state index contributed by atoms with van der Waals surface area (Å²) in [5, 5.41) is 6.66. The summed E-state index contributed by atoms with van der Waals surface area (Å²) in [6, 6.07) is 15.1. The monoisotopic (exact) mass is 486 g/mol. The smallest absolute Gasteiger partial charge is 0.269 e. The lowest BCUT2D eigenvalue weighted by molar-refractivity contribution is 0.0946. The van der Waals surface area contributed by atoms with Gasteiger partial charge in [0.25, 0.3) is 11.8 Å². The van der Waals surface area contributed by atoms with Crippen LogP contribution in [-0.2, 0) is 10.8 Å². The molecular weight excluding hydrogens is 452 g/mol. The molecule has 0 atom stereocenters. The Morgan fingerprint density at radius 2 is 1.64 bits per heavy atom. The van der Waals surface area contributed by atoms with Gasteiger partial charge in [0, 0.05) is 24.4 Å². The van der Waals surface area contributed by atoms with Crippen molar-refractivity contribution >= 4 is 33.8 Å². The largest absolute Gasteiger partial charge is 0.440 e. The first kappa shape index (κ1) is 25.4. The van der Waals surface area contributed by atoms with Crippen LogP contribution in [0.1, 0.15) is 79.8 Å². The van der Waals surface area contributed by atoms with Crippen molar-refractivity contribution in [2.45, 2.75) is 58.3 Å². The minimum atomic E-state index is -0.292. The molecule has 2 aromatic heterocycles. The van der Waals surface area contributed by atoms with Crippen LogP contribution in [0.25, 0.3) is 22.0 Å². The second-order valence-electron chi connectivity index (χ2n) is 10.5. The zero-order valence-corrected chi connectivity index (χ0v) is 21.9. The quantitative estimate of drug-likeness (QED) is 0.342. The molecule has 0 saturated heterocycles. The van der Waals surface area contributed by atoms with Crippen LogP contribution in [0.4, 0.5) is 0 Å². The van der Waals surface area contributed by atoms with E-state index in [-0.39, 0.29) is 22.6 Å². The highest BCUT2D eigenvalue weighted by atomic mass is 16.3. The highest BCUT2D eigenvalue weighted by molar-refractivity contribution is 6.04. The van der Waals surface area contributed by atoms with Gasteiger partial charge in [0.1, 0.15) is 11.2 Å². The van der Waals surface area contributed by atoms with Crippen molar-refractivity contribution < 1.29 is 14.0 Å². The molecular formula is C29H34N4O3. The van der Waals surface area contributed by atoms with Crippen molar-refractivity contribution in [1.29, 1.82) is 0 Å². The number of nitrogens with zero attached hydrogens (tertiary/aromatic N) is 2. The molecule has 0 aliphatic rings. The van der Waals surface area contributed by atoms with Crippen molar-refractivity contribution in [3.05, 3.63) is 71.2 Å². The molecule has 0 fully saturated rings. The lowest BCUT2D eigenvalue weighted by atomic mass is 9.80. The molecule has 0 spiro atoms. The molecule has 0 aliphatic carbocycles. The molecule has 36 heavy (non-hydrogen) atoms. The number of carbonyl (C=O) groups is 2. The van der Waals surface area contributed by atoms with E-state index in [9.17, 15) is 9.59 Å². The molecule has 7 nitrogen and oxygen atoms in total. The van der Waals surface area contributed by atoms with Crippen molar-refractivity contribution in [1.82, 2.24) is 20.6 Å². The zero-order chi connectivity index (χ0) is 26.1. The molecule has 0 aliphatic heterocycles. The Morgan fingerprint density at radius 1 is 0.889 bits per heavy atom. The van der Waals surface area contributed by atoms with E-state index in [2.05, 4.69) is 55.2 Å². The number of para-hydroxylation sites is 2. The molecule has 0 saturated carbocycles. The average molecular weight is 487 g/mol. The first-order valence-electron chi connectivity index (χ1n) is 12.4. The van der Waals surface area contributed by atoms with E-state index < -0.39 is 0 Å². The number of hydrogen-bond acceptors (Lipinski definition) is 5. The summed E-state index contributed by atoms with van der Waals surface area (Å²) in [4.78, 5) is 34.6. The summed E-state index contributed by atoms with van der Waals surface area (Å²) in [7, 11) is 1.60. The van der Waals surface area contributed by atoms with Gasteiger partial charge >= 0.3 is 0 Å². The standard InChI is InChI=1S/C29H34N4O3/c1-7-28(2,3)27-33-24-19(11-9-13-22(24)36-27)25(34)31-17-16-29(4,5)20-12-8-10-18-14-15-21(26(35)30-6)32-23(18)20/h8-15H,7,16-17H2,1-6H3,(H,30,35)(H,31,34). The summed E-state index contributed by atoms with van der Waals surface area (Å²) in [5.41, 5.74) is 3.43. The molecule has 2 heterocycles. The van der Waals surface area contributed by atoms with Crippen LogP contribution in [0.2, 0.25) is 0 Å². The lowest BCUT2D eigenvalue weighted by Gasteiger charge is -2.26. The minimum absolute atomic E-state index is 0.177. The highest BCUT2D eigenvalue weighted by Gasteiger charge is 2.27. The topological polar surface area (TPSA) is 97.1 Å². The summed E-state index contributed by atoms with van der Waals surface area (Å²) in [5.74, 6) is 0.244. The van der Waals surface area contributed by atoms with E-state index in [1.807, 2.05) is 36.4 Å². The Bertz CT molecular complexity index is 1440. The number of fused-ring (bicyclic) bond motifs is 2. The number of benzene rings is 2. The van der Waals surface area contributed by atoms with Crippen molar-refractivity contribution in [2.75, 3.05) is 13.6 Å². The van der Waals surface area contributed by atoms with Gasteiger partial charge in [-0.15, -0.1) is 0 Å². The maximum absolute atomic E-state index is 13.1. The van der Waals surface area contributed by atoms with Gasteiger partial charge in [0.2, 0.25) is 5.89 Å². The normalized spacial score (nSPS) is 12.2. The molecule has 188 valence electrons. The number of oxazole rings is 1. The molecule has 2 amide bonds. The van der Waals surface area contributed by atoms with Crippen LogP contribution in [0.3, 0.4) is 0 Å². The Labute approximate surface area is 211 Å². The number of hydrogen-bond donors (Lipinski definition) is 2. The molecule has 0 unspecified atom stereocenters. The van der Waals surface area contributed by atoms with Gasteiger partial charge < -0.3 is 15.1 Å². The molecule has 7 heteroatoms. The molecule has 0 radical (unpaired) electrons. The summed E-state index contributed by atoms with van der Waals surface area (Å²) >= 11 is 0. The molecule has 2 N–H and O–H groups in total. The maximum Gasteiger partial charge on any atom is 0.269 e. The number of nitrogens with one attached hydrogen (secondary N) is 2. The second kappa shape index (κ2) is 9.72. The third-order valence-corrected chi connectivity index (χ3v) is 7.07. The fraction of sp³-hybridized carbons (Fsp3) is 0.379. The molecule has 4 aromatic rings. The van der Waals surface area contributed by atoms with Crippen LogP contribution in [-0.4, -0.2) is 35.4 Å². The van der Waals surface area contributed by atoms with Gasteiger partial charge in [-0.05, 0) is 42.0 Å². The van der Waals surface area contributed by atoms with Gasteiger partial charge in [0.15, 0.2) is 5.58 Å². The third-order valence-electron chi connectivity index (χ3n) is 7.07. The van der Waals surface area contributed by atoms with E-state index >= 15 is 0 Å². The van der Waals surface area contributed by atoms with E-state index in [0.29, 0.717) is 41.2 Å². The minimum Gasteiger partial charge on any atom is -0.440 e. The lowest BCUT2D eigenvalue weighted by Crippen LogP contribution is -2.30. The molecule has 0 bridgehead atoms. The van der Waals surface area contributed by atoms with Gasteiger partial charge in [0.05, 0.1) is 11.1 Å². The Kier molecular flexibility index (Phi) is 6.85. The predicted octanol–water partition coefficient (Wildman–Crippen LogP) is 5.52. The first-order chi connectivity index (χ1) is 17.1. The fourth-order valence-electron chi connectivity index (χ4n) is 4.24. The number of amides is 2. The van der Waals surface area contributed by atoms with Gasteiger partial charge in [-0.2, -0.15) is 0 Å².